The lowest BCUT2D eigenvalue weighted by Gasteiger charge is -2.24. The Morgan fingerprint density at radius 2 is 1.64 bits per heavy atom. The van der Waals surface area contributed by atoms with Gasteiger partial charge in [-0.3, -0.25) is 9.59 Å². The number of cyclic esters (lactones) is 1. The van der Waals surface area contributed by atoms with Crippen molar-refractivity contribution in [2.75, 3.05) is 73.2 Å². The highest BCUT2D eigenvalue weighted by molar-refractivity contribution is 5.91. The van der Waals surface area contributed by atoms with E-state index < -0.39 is 5.97 Å². The lowest BCUT2D eigenvalue weighted by molar-refractivity contribution is -0.149. The highest BCUT2D eigenvalue weighted by Crippen LogP contribution is 2.38. The predicted octanol–water partition coefficient (Wildman–Crippen LogP) is 2.26. The van der Waals surface area contributed by atoms with E-state index in [1.807, 2.05) is 0 Å². The molecule has 1 N–H and O–H groups in total. The van der Waals surface area contributed by atoms with Crippen LogP contribution in [-0.4, -0.2) is 107 Å². The minimum absolute atomic E-state index is 0.130. The van der Waals surface area contributed by atoms with E-state index in [-0.39, 0.29) is 30.9 Å². The van der Waals surface area contributed by atoms with E-state index in [4.69, 9.17) is 23.7 Å². The second-order valence-corrected chi connectivity index (χ2v) is 9.86. The first-order valence-electron chi connectivity index (χ1n) is 13.8. The minimum atomic E-state index is -0.438. The summed E-state index contributed by atoms with van der Waals surface area (Å²) in [5.74, 6) is 0.227. The molecule has 0 spiro atoms. The topological polar surface area (TPSA) is 116 Å². The number of benzene rings is 1. The van der Waals surface area contributed by atoms with Crippen molar-refractivity contribution in [3.63, 3.8) is 0 Å². The van der Waals surface area contributed by atoms with E-state index in [1.165, 1.54) is 21.1 Å². The highest BCUT2D eigenvalue weighted by Gasteiger charge is 2.22. The third kappa shape index (κ3) is 10.2. The fourth-order valence-corrected chi connectivity index (χ4v) is 4.83. The molecule has 0 aliphatic carbocycles. The molecule has 3 rings (SSSR count). The monoisotopic (exact) mass is 549 g/mol. The Bertz CT molecular complexity index is 957. The Balaban J connectivity index is 1.73. The van der Waals surface area contributed by atoms with Crippen LogP contribution in [0.2, 0.25) is 0 Å². The smallest absolute Gasteiger partial charge is 0.338 e. The summed E-state index contributed by atoms with van der Waals surface area (Å²) in [6.07, 6.45) is 3.64. The van der Waals surface area contributed by atoms with Gasteiger partial charge in [0.2, 0.25) is 11.7 Å². The van der Waals surface area contributed by atoms with Crippen molar-refractivity contribution < 1.29 is 38.1 Å². The van der Waals surface area contributed by atoms with E-state index >= 15 is 0 Å². The van der Waals surface area contributed by atoms with E-state index in [1.54, 1.807) is 12.1 Å². The van der Waals surface area contributed by atoms with Crippen molar-refractivity contribution in [3.8, 4) is 17.2 Å². The SMILES string of the molecule is COc1cc2cc(c1OC)OCCCC(OC(=O)CCNC(C)=O)CCN1CCCN(CCCOC2=O)CC1. The van der Waals surface area contributed by atoms with Crippen molar-refractivity contribution in [2.24, 2.45) is 0 Å². The number of nitrogens with zero attached hydrogens (tertiary/aromatic N) is 2. The van der Waals surface area contributed by atoms with E-state index in [9.17, 15) is 14.4 Å². The quantitative estimate of drug-likeness (QED) is 0.530. The summed E-state index contributed by atoms with van der Waals surface area (Å²) in [6, 6.07) is 3.20. The molecule has 0 radical (unpaired) electrons. The number of carbonyl (C=O) groups excluding carboxylic acids is 3. The number of rotatable bonds is 6. The molecule has 3 unspecified atom stereocenters. The normalized spacial score (nSPS) is 23.1. The van der Waals surface area contributed by atoms with Gasteiger partial charge in [0.1, 0.15) is 6.10 Å². The standard InChI is InChI=1S/C28H43N3O8/c1-21(32)29-10-8-26(33)39-23-7-4-17-37-25-20-22(19-24(35-2)27(25)36-3)28(34)38-18-6-13-30-11-5-12-31(14-9-23)16-15-30/h19-20,23H,4-18H2,1-3H3,(H,29,32). The number of amides is 1. The molecular formula is C28H43N3O8. The molecule has 39 heavy (non-hydrogen) atoms. The Morgan fingerprint density at radius 3 is 2.36 bits per heavy atom. The molecule has 1 aromatic carbocycles. The molecule has 11 heteroatoms. The van der Waals surface area contributed by atoms with Crippen LogP contribution < -0.4 is 19.5 Å². The largest absolute Gasteiger partial charge is 0.493 e. The summed E-state index contributed by atoms with van der Waals surface area (Å²) in [4.78, 5) is 41.2. The van der Waals surface area contributed by atoms with Gasteiger partial charge in [0.15, 0.2) is 11.5 Å². The molecule has 3 atom stereocenters. The number of nitrogens with one attached hydrogen (secondary N) is 1. The first-order valence-corrected chi connectivity index (χ1v) is 13.8. The van der Waals surface area contributed by atoms with Crippen molar-refractivity contribution in [1.82, 2.24) is 15.1 Å². The van der Waals surface area contributed by atoms with Crippen LogP contribution in [-0.2, 0) is 19.1 Å². The van der Waals surface area contributed by atoms with Crippen LogP contribution in [0, 0.1) is 0 Å². The molecular weight excluding hydrogens is 506 g/mol. The van der Waals surface area contributed by atoms with Gasteiger partial charge in [-0.1, -0.05) is 0 Å². The summed E-state index contributed by atoms with van der Waals surface area (Å²) in [5.41, 5.74) is 0.331. The van der Waals surface area contributed by atoms with Gasteiger partial charge < -0.3 is 38.8 Å². The second kappa shape index (κ2) is 16.1. The number of methoxy groups -OCH3 is 2. The highest BCUT2D eigenvalue weighted by atomic mass is 16.5. The first kappa shape index (κ1) is 30.5. The van der Waals surface area contributed by atoms with Gasteiger partial charge in [-0.05, 0) is 57.3 Å². The molecule has 2 aliphatic heterocycles. The molecule has 0 aromatic heterocycles. The Morgan fingerprint density at radius 1 is 0.923 bits per heavy atom. The van der Waals surface area contributed by atoms with Crippen LogP contribution in [0.4, 0.5) is 0 Å². The first-order chi connectivity index (χ1) is 18.9. The third-order valence-corrected chi connectivity index (χ3v) is 6.91. The van der Waals surface area contributed by atoms with Crippen molar-refractivity contribution in [2.45, 2.75) is 51.6 Å². The van der Waals surface area contributed by atoms with Crippen molar-refractivity contribution >= 4 is 17.8 Å². The van der Waals surface area contributed by atoms with Crippen molar-refractivity contribution in [1.29, 1.82) is 0 Å². The molecule has 11 nitrogen and oxygen atoms in total. The average Bonchev–Trinajstić information content (AvgIpc) is 3.15. The lowest BCUT2D eigenvalue weighted by Crippen LogP contribution is -2.34. The zero-order chi connectivity index (χ0) is 28.0. The van der Waals surface area contributed by atoms with Gasteiger partial charge in [-0.25, -0.2) is 4.79 Å². The van der Waals surface area contributed by atoms with E-state index in [2.05, 4.69) is 15.1 Å². The number of carbonyl (C=O) groups is 3. The fraction of sp³-hybridized carbons (Fsp3) is 0.679. The third-order valence-electron chi connectivity index (χ3n) is 6.91. The van der Waals surface area contributed by atoms with Crippen LogP contribution >= 0.6 is 0 Å². The van der Waals surface area contributed by atoms with Gasteiger partial charge in [0.25, 0.3) is 0 Å². The molecule has 4 bridgehead atoms. The van der Waals surface area contributed by atoms with Crippen LogP contribution in [0.25, 0.3) is 0 Å². The molecule has 1 fully saturated rings. The van der Waals surface area contributed by atoms with Gasteiger partial charge in [-0.15, -0.1) is 0 Å². The molecule has 1 aromatic rings. The van der Waals surface area contributed by atoms with Crippen LogP contribution in [0.15, 0.2) is 12.1 Å². The Hall–Kier alpha value is -3.05. The summed E-state index contributed by atoms with van der Waals surface area (Å²) in [6.45, 7) is 7.92. The van der Waals surface area contributed by atoms with Gasteiger partial charge in [-0.2, -0.15) is 0 Å². The summed E-state index contributed by atoms with van der Waals surface area (Å²) >= 11 is 0. The zero-order valence-electron chi connectivity index (χ0n) is 23.5. The van der Waals surface area contributed by atoms with E-state index in [0.29, 0.717) is 48.9 Å². The minimum Gasteiger partial charge on any atom is -0.493 e. The maximum Gasteiger partial charge on any atom is 0.338 e. The number of hydrogen-bond acceptors (Lipinski definition) is 10. The van der Waals surface area contributed by atoms with E-state index in [0.717, 1.165) is 58.5 Å². The molecule has 1 amide bonds. The number of fused-ring (bicyclic) bond motifs is 5. The van der Waals surface area contributed by atoms with Gasteiger partial charge >= 0.3 is 11.9 Å². The molecule has 1 saturated heterocycles. The lowest BCUT2D eigenvalue weighted by atomic mass is 10.1. The van der Waals surface area contributed by atoms with Gasteiger partial charge in [0.05, 0.1) is 39.4 Å². The van der Waals surface area contributed by atoms with Crippen molar-refractivity contribution in [3.05, 3.63) is 17.7 Å². The molecule has 2 aliphatic rings. The summed E-state index contributed by atoms with van der Waals surface area (Å²) in [5, 5.41) is 2.63. The maximum atomic E-state index is 12.8. The predicted molar refractivity (Wildman–Crippen MR) is 144 cm³/mol. The Labute approximate surface area is 231 Å². The fourth-order valence-electron chi connectivity index (χ4n) is 4.83. The Kier molecular flexibility index (Phi) is 12.6. The maximum absolute atomic E-state index is 12.8. The molecule has 0 saturated carbocycles. The number of hydrogen-bond donors (Lipinski definition) is 1. The number of ether oxygens (including phenoxy) is 5. The van der Waals surface area contributed by atoms with Crippen LogP contribution in [0.3, 0.4) is 0 Å². The summed E-state index contributed by atoms with van der Waals surface area (Å²) in [7, 11) is 3.02. The van der Waals surface area contributed by atoms with Gasteiger partial charge in [0, 0.05) is 39.6 Å². The average molecular weight is 550 g/mol. The van der Waals surface area contributed by atoms with Crippen LogP contribution in [0.1, 0.15) is 55.8 Å². The molecule has 2 heterocycles. The number of esters is 2. The second-order valence-electron chi connectivity index (χ2n) is 9.86. The van der Waals surface area contributed by atoms with Crippen LogP contribution in [0.5, 0.6) is 17.2 Å². The zero-order valence-corrected chi connectivity index (χ0v) is 23.5. The summed E-state index contributed by atoms with van der Waals surface area (Å²) < 4.78 is 28.3. The molecule has 218 valence electrons.